The number of hydrogen-bond donors (Lipinski definition) is 1. The van der Waals surface area contributed by atoms with Crippen molar-refractivity contribution in [3.63, 3.8) is 0 Å². The van der Waals surface area contributed by atoms with Crippen molar-refractivity contribution < 1.29 is 8.42 Å². The summed E-state index contributed by atoms with van der Waals surface area (Å²) >= 11 is 4.95. The Morgan fingerprint density at radius 2 is 2.10 bits per heavy atom. The molecule has 0 unspecified atom stereocenters. The Hall–Kier alpha value is -0.980. The van der Waals surface area contributed by atoms with E-state index in [1.54, 1.807) is 29.4 Å². The number of nitrogens with two attached hydrogens (primary N) is 1. The number of hydrogen-bond acceptors (Lipinski definition) is 3. The molecule has 0 spiro atoms. The van der Waals surface area contributed by atoms with Crippen LogP contribution in [-0.4, -0.2) is 30.8 Å². The standard InChI is InChI=1S/C15H22N2O2S2/c1-3-8-17(10-12-5-6-12)21(18,19)14-9-13(15(16)20)7-4-11(14)2/h4,7,9,12H,3,5-6,8,10H2,1-2H3,(H2,16,20). The van der Waals surface area contributed by atoms with Crippen molar-refractivity contribution in [3.8, 4) is 0 Å². The summed E-state index contributed by atoms with van der Waals surface area (Å²) in [7, 11) is -3.49. The van der Waals surface area contributed by atoms with Gasteiger partial charge in [-0.05, 0) is 43.7 Å². The third-order valence-corrected chi connectivity index (χ3v) is 5.97. The Kier molecular flexibility index (Phi) is 5.01. The predicted molar refractivity (Wildman–Crippen MR) is 88.8 cm³/mol. The molecule has 6 heteroatoms. The predicted octanol–water partition coefficient (Wildman–Crippen LogP) is 2.44. The number of benzene rings is 1. The van der Waals surface area contributed by atoms with E-state index in [0.29, 0.717) is 29.5 Å². The molecule has 0 atom stereocenters. The van der Waals surface area contributed by atoms with E-state index < -0.39 is 10.0 Å². The molecule has 1 saturated carbocycles. The lowest BCUT2D eigenvalue weighted by Gasteiger charge is -2.23. The van der Waals surface area contributed by atoms with Crippen LogP contribution < -0.4 is 5.73 Å². The number of aryl methyl sites for hydroxylation is 1. The highest BCUT2D eigenvalue weighted by molar-refractivity contribution is 7.89. The van der Waals surface area contributed by atoms with Crippen molar-refractivity contribution in [1.29, 1.82) is 0 Å². The third-order valence-electron chi connectivity index (χ3n) is 3.72. The van der Waals surface area contributed by atoms with E-state index in [1.807, 2.05) is 6.92 Å². The second-order valence-electron chi connectivity index (χ2n) is 5.65. The van der Waals surface area contributed by atoms with Gasteiger partial charge < -0.3 is 5.73 Å². The highest BCUT2D eigenvalue weighted by Crippen LogP contribution is 2.32. The molecule has 0 aromatic heterocycles. The largest absolute Gasteiger partial charge is 0.389 e. The lowest BCUT2D eigenvalue weighted by atomic mass is 10.1. The molecule has 1 aromatic carbocycles. The second-order valence-corrected chi connectivity index (χ2v) is 8.00. The first-order valence-electron chi connectivity index (χ1n) is 7.27. The molecule has 0 saturated heterocycles. The molecule has 21 heavy (non-hydrogen) atoms. The highest BCUT2D eigenvalue weighted by Gasteiger charge is 2.32. The molecule has 0 radical (unpaired) electrons. The van der Waals surface area contributed by atoms with E-state index in [4.69, 9.17) is 18.0 Å². The third kappa shape index (κ3) is 3.81. The molecule has 1 aliphatic rings. The molecule has 1 aromatic rings. The zero-order chi connectivity index (χ0) is 15.6. The van der Waals surface area contributed by atoms with Crippen LogP contribution in [0.4, 0.5) is 0 Å². The number of nitrogens with zero attached hydrogens (tertiary/aromatic N) is 1. The molecule has 1 aliphatic carbocycles. The Morgan fingerprint density at radius 1 is 1.43 bits per heavy atom. The van der Waals surface area contributed by atoms with Gasteiger partial charge in [0.1, 0.15) is 4.99 Å². The van der Waals surface area contributed by atoms with Crippen LogP contribution in [0.2, 0.25) is 0 Å². The quantitative estimate of drug-likeness (QED) is 0.782. The summed E-state index contributed by atoms with van der Waals surface area (Å²) in [6.07, 6.45) is 3.06. The summed E-state index contributed by atoms with van der Waals surface area (Å²) in [5, 5.41) is 0. The van der Waals surface area contributed by atoms with Gasteiger partial charge in [0.05, 0.1) is 4.90 Å². The van der Waals surface area contributed by atoms with Crippen molar-refractivity contribution >= 4 is 27.2 Å². The Balaban J connectivity index is 2.40. The van der Waals surface area contributed by atoms with Crippen molar-refractivity contribution in [2.45, 2.75) is 38.0 Å². The smallest absolute Gasteiger partial charge is 0.243 e. The van der Waals surface area contributed by atoms with Gasteiger partial charge in [0.25, 0.3) is 0 Å². The minimum Gasteiger partial charge on any atom is -0.389 e. The van der Waals surface area contributed by atoms with Crippen LogP contribution in [0.3, 0.4) is 0 Å². The summed E-state index contributed by atoms with van der Waals surface area (Å²) in [5.41, 5.74) is 6.95. The molecule has 2 rings (SSSR count). The zero-order valence-electron chi connectivity index (χ0n) is 12.5. The minimum atomic E-state index is -3.49. The van der Waals surface area contributed by atoms with Crippen LogP contribution in [0.1, 0.15) is 37.3 Å². The summed E-state index contributed by atoms with van der Waals surface area (Å²) in [6, 6.07) is 5.13. The Labute approximate surface area is 132 Å². The van der Waals surface area contributed by atoms with E-state index in [0.717, 1.165) is 24.8 Å². The summed E-state index contributed by atoms with van der Waals surface area (Å²) in [5.74, 6) is 0.519. The first-order chi connectivity index (χ1) is 9.86. The van der Waals surface area contributed by atoms with E-state index >= 15 is 0 Å². The van der Waals surface area contributed by atoms with Gasteiger partial charge >= 0.3 is 0 Å². The molecule has 1 fully saturated rings. The monoisotopic (exact) mass is 326 g/mol. The molecule has 2 N–H and O–H groups in total. The Bertz CT molecular complexity index is 637. The fourth-order valence-corrected chi connectivity index (χ4v) is 4.30. The minimum absolute atomic E-state index is 0.218. The van der Waals surface area contributed by atoms with Gasteiger partial charge in [-0.25, -0.2) is 8.42 Å². The number of thiocarbonyl (C=S) groups is 1. The summed E-state index contributed by atoms with van der Waals surface area (Å²) < 4.78 is 27.5. The second kappa shape index (κ2) is 6.42. The summed E-state index contributed by atoms with van der Waals surface area (Å²) in [4.78, 5) is 0.539. The maximum atomic E-state index is 12.9. The van der Waals surface area contributed by atoms with Crippen molar-refractivity contribution in [3.05, 3.63) is 29.3 Å². The molecular weight excluding hydrogens is 304 g/mol. The lowest BCUT2D eigenvalue weighted by molar-refractivity contribution is 0.395. The molecule has 0 amide bonds. The van der Waals surface area contributed by atoms with E-state index in [1.165, 1.54) is 0 Å². The maximum Gasteiger partial charge on any atom is 0.243 e. The molecule has 0 aliphatic heterocycles. The van der Waals surface area contributed by atoms with Gasteiger partial charge in [-0.1, -0.05) is 31.3 Å². The first-order valence-corrected chi connectivity index (χ1v) is 9.11. The molecule has 0 heterocycles. The normalized spacial score (nSPS) is 15.4. The van der Waals surface area contributed by atoms with Crippen molar-refractivity contribution in [1.82, 2.24) is 4.31 Å². The number of sulfonamides is 1. The van der Waals surface area contributed by atoms with Crippen LogP contribution >= 0.6 is 12.2 Å². The van der Waals surface area contributed by atoms with E-state index in [-0.39, 0.29) is 4.99 Å². The average molecular weight is 326 g/mol. The van der Waals surface area contributed by atoms with Crippen LogP contribution in [-0.2, 0) is 10.0 Å². The van der Waals surface area contributed by atoms with Crippen LogP contribution in [0.25, 0.3) is 0 Å². The van der Waals surface area contributed by atoms with E-state index in [2.05, 4.69) is 0 Å². The lowest BCUT2D eigenvalue weighted by Crippen LogP contribution is -2.34. The molecule has 4 nitrogen and oxygen atoms in total. The van der Waals surface area contributed by atoms with Gasteiger partial charge in [-0.2, -0.15) is 4.31 Å². The van der Waals surface area contributed by atoms with Crippen molar-refractivity contribution in [2.24, 2.45) is 11.7 Å². The van der Waals surface area contributed by atoms with Gasteiger partial charge in [0, 0.05) is 18.7 Å². The highest BCUT2D eigenvalue weighted by atomic mass is 32.2. The van der Waals surface area contributed by atoms with Crippen LogP contribution in [0.5, 0.6) is 0 Å². The SMILES string of the molecule is CCCN(CC1CC1)S(=O)(=O)c1cc(C(N)=S)ccc1C. The number of rotatable bonds is 7. The first kappa shape index (κ1) is 16.4. The Morgan fingerprint density at radius 3 is 2.62 bits per heavy atom. The summed E-state index contributed by atoms with van der Waals surface area (Å²) in [6.45, 7) is 4.97. The average Bonchev–Trinajstić information content (AvgIpc) is 3.22. The van der Waals surface area contributed by atoms with Crippen LogP contribution in [0, 0.1) is 12.8 Å². The van der Waals surface area contributed by atoms with Crippen molar-refractivity contribution in [2.75, 3.05) is 13.1 Å². The van der Waals surface area contributed by atoms with Gasteiger partial charge in [-0.15, -0.1) is 0 Å². The van der Waals surface area contributed by atoms with Gasteiger partial charge in [0.2, 0.25) is 10.0 Å². The van der Waals surface area contributed by atoms with Crippen LogP contribution in [0.15, 0.2) is 23.1 Å². The maximum absolute atomic E-state index is 12.9. The molecule has 116 valence electrons. The molecular formula is C15H22N2O2S2. The molecule has 0 bridgehead atoms. The van der Waals surface area contributed by atoms with Gasteiger partial charge in [0.15, 0.2) is 0 Å². The zero-order valence-corrected chi connectivity index (χ0v) is 14.1. The van der Waals surface area contributed by atoms with Gasteiger partial charge in [-0.3, -0.25) is 0 Å². The van der Waals surface area contributed by atoms with E-state index in [9.17, 15) is 8.42 Å². The fourth-order valence-electron chi connectivity index (χ4n) is 2.32. The fraction of sp³-hybridized carbons (Fsp3) is 0.533. The topological polar surface area (TPSA) is 63.4 Å².